The monoisotopic (exact) mass is 313 g/mol. The van der Waals surface area contributed by atoms with Crippen LogP contribution >= 0.6 is 0 Å². The van der Waals surface area contributed by atoms with Gasteiger partial charge >= 0.3 is 0 Å². The molecule has 1 aromatic heterocycles. The first-order valence-corrected chi connectivity index (χ1v) is 7.28. The average molecular weight is 313 g/mol. The zero-order chi connectivity index (χ0) is 16.4. The highest BCUT2D eigenvalue weighted by molar-refractivity contribution is 6.04. The smallest absolute Gasteiger partial charge is 0.232 e. The second-order valence-corrected chi connectivity index (χ2v) is 5.59. The van der Waals surface area contributed by atoms with E-state index in [1.807, 2.05) is 6.07 Å². The summed E-state index contributed by atoms with van der Waals surface area (Å²) in [5, 5.41) is 2.68. The number of anilines is 1. The lowest BCUT2D eigenvalue weighted by atomic mass is 9.96. The van der Waals surface area contributed by atoms with Gasteiger partial charge in [-0.3, -0.25) is 14.6 Å². The summed E-state index contributed by atoms with van der Waals surface area (Å²) in [4.78, 5) is 30.0. The number of pyridine rings is 1. The number of hydrogen-bond acceptors (Lipinski definition) is 3. The van der Waals surface area contributed by atoms with E-state index in [1.165, 1.54) is 18.2 Å². The summed E-state index contributed by atoms with van der Waals surface area (Å²) in [7, 11) is 1.68. The minimum absolute atomic E-state index is 0.0129. The van der Waals surface area contributed by atoms with Crippen LogP contribution in [0.3, 0.4) is 0 Å². The summed E-state index contributed by atoms with van der Waals surface area (Å²) in [6.07, 6.45) is 3.37. The van der Waals surface area contributed by atoms with Crippen LogP contribution in [0.4, 0.5) is 10.1 Å². The number of benzene rings is 1. The molecule has 0 saturated carbocycles. The number of nitrogens with zero attached hydrogens (tertiary/aromatic N) is 2. The molecule has 6 heteroatoms. The Kier molecular flexibility index (Phi) is 4.06. The molecule has 5 nitrogen and oxygen atoms in total. The van der Waals surface area contributed by atoms with Crippen LogP contribution in [-0.2, 0) is 16.1 Å². The van der Waals surface area contributed by atoms with Gasteiger partial charge in [0.2, 0.25) is 11.8 Å². The van der Waals surface area contributed by atoms with Gasteiger partial charge in [-0.25, -0.2) is 4.39 Å². The molecule has 0 bridgehead atoms. The van der Waals surface area contributed by atoms with Crippen molar-refractivity contribution in [1.82, 2.24) is 9.88 Å². The van der Waals surface area contributed by atoms with Gasteiger partial charge in [0.25, 0.3) is 0 Å². The summed E-state index contributed by atoms with van der Waals surface area (Å²) in [5.41, 5.74) is 2.02. The van der Waals surface area contributed by atoms with E-state index in [1.54, 1.807) is 30.4 Å². The van der Waals surface area contributed by atoms with Crippen LogP contribution in [0.1, 0.15) is 23.5 Å². The molecule has 0 spiro atoms. The molecule has 1 aliphatic heterocycles. The van der Waals surface area contributed by atoms with Crippen LogP contribution in [0.15, 0.2) is 42.7 Å². The second kappa shape index (κ2) is 6.16. The van der Waals surface area contributed by atoms with Crippen LogP contribution in [0.2, 0.25) is 0 Å². The Labute approximate surface area is 133 Å². The largest absolute Gasteiger partial charge is 0.341 e. The minimum atomic E-state index is -0.649. The SMILES string of the molecule is CN(Cc1cccnc1)C(=O)CC1C(=O)Nc2ccc(F)cc21. The first kappa shape index (κ1) is 15.1. The third kappa shape index (κ3) is 3.21. The Hall–Kier alpha value is -2.76. The number of carbonyl (C=O) groups excluding carboxylic acids is 2. The zero-order valence-corrected chi connectivity index (χ0v) is 12.6. The van der Waals surface area contributed by atoms with Crippen LogP contribution in [0.25, 0.3) is 0 Å². The number of nitrogens with one attached hydrogen (secondary N) is 1. The Morgan fingerprint density at radius 3 is 2.96 bits per heavy atom. The highest BCUT2D eigenvalue weighted by Crippen LogP contribution is 2.35. The summed E-state index contributed by atoms with van der Waals surface area (Å²) in [6.45, 7) is 0.414. The molecule has 1 aliphatic rings. The highest BCUT2D eigenvalue weighted by atomic mass is 19.1. The van der Waals surface area contributed by atoms with E-state index in [0.717, 1.165) is 5.56 Å². The van der Waals surface area contributed by atoms with Gasteiger partial charge < -0.3 is 10.2 Å². The number of hydrogen-bond donors (Lipinski definition) is 1. The number of halogens is 1. The van der Waals surface area contributed by atoms with Gasteiger partial charge in [-0.05, 0) is 35.4 Å². The number of aromatic nitrogens is 1. The number of fused-ring (bicyclic) bond motifs is 1. The Bertz CT molecular complexity index is 749. The van der Waals surface area contributed by atoms with Gasteiger partial charge in [-0.1, -0.05) is 6.07 Å². The predicted molar refractivity (Wildman–Crippen MR) is 83.1 cm³/mol. The lowest BCUT2D eigenvalue weighted by molar-refractivity contribution is -0.132. The van der Waals surface area contributed by atoms with Crippen molar-refractivity contribution < 1.29 is 14.0 Å². The van der Waals surface area contributed by atoms with E-state index in [0.29, 0.717) is 17.8 Å². The van der Waals surface area contributed by atoms with E-state index < -0.39 is 11.7 Å². The molecule has 1 unspecified atom stereocenters. The normalized spacial score (nSPS) is 15.9. The molecule has 3 rings (SSSR count). The molecule has 0 saturated heterocycles. The quantitative estimate of drug-likeness (QED) is 0.942. The molecule has 0 aliphatic carbocycles. The van der Waals surface area contributed by atoms with Gasteiger partial charge in [0, 0.05) is 38.1 Å². The fourth-order valence-corrected chi connectivity index (χ4v) is 2.68. The van der Waals surface area contributed by atoms with Crippen LogP contribution in [0.5, 0.6) is 0 Å². The second-order valence-electron chi connectivity index (χ2n) is 5.59. The van der Waals surface area contributed by atoms with E-state index >= 15 is 0 Å². The Balaban J connectivity index is 1.71. The maximum absolute atomic E-state index is 13.4. The number of carbonyl (C=O) groups is 2. The van der Waals surface area contributed by atoms with Gasteiger partial charge in [0.05, 0.1) is 5.92 Å². The van der Waals surface area contributed by atoms with E-state index in [9.17, 15) is 14.0 Å². The molecule has 0 radical (unpaired) electrons. The van der Waals surface area contributed by atoms with E-state index in [2.05, 4.69) is 10.3 Å². The molecule has 0 fully saturated rings. The summed E-state index contributed by atoms with van der Waals surface area (Å²) >= 11 is 0. The van der Waals surface area contributed by atoms with E-state index in [-0.39, 0.29) is 18.2 Å². The Morgan fingerprint density at radius 1 is 1.39 bits per heavy atom. The fraction of sp³-hybridized carbons (Fsp3) is 0.235. The van der Waals surface area contributed by atoms with Crippen molar-refractivity contribution in [2.24, 2.45) is 0 Å². The van der Waals surface area contributed by atoms with Crippen molar-refractivity contribution in [3.63, 3.8) is 0 Å². The van der Waals surface area contributed by atoms with Crippen molar-refractivity contribution in [3.05, 3.63) is 59.7 Å². The molecule has 1 N–H and O–H groups in total. The molecular weight excluding hydrogens is 297 g/mol. The zero-order valence-electron chi connectivity index (χ0n) is 12.6. The topological polar surface area (TPSA) is 62.3 Å². The highest BCUT2D eigenvalue weighted by Gasteiger charge is 2.33. The molecule has 2 amide bonds. The molecule has 2 aromatic rings. The lowest BCUT2D eigenvalue weighted by Crippen LogP contribution is -2.29. The molecule has 1 aromatic carbocycles. The fourth-order valence-electron chi connectivity index (χ4n) is 2.68. The maximum atomic E-state index is 13.4. The Morgan fingerprint density at radius 2 is 2.22 bits per heavy atom. The van der Waals surface area contributed by atoms with Gasteiger partial charge in [0.15, 0.2) is 0 Å². The average Bonchev–Trinajstić information content (AvgIpc) is 2.84. The van der Waals surface area contributed by atoms with Gasteiger partial charge in [-0.15, -0.1) is 0 Å². The lowest BCUT2D eigenvalue weighted by Gasteiger charge is -2.19. The van der Waals surface area contributed by atoms with Gasteiger partial charge in [0.1, 0.15) is 5.82 Å². The summed E-state index contributed by atoms with van der Waals surface area (Å²) in [5.74, 6) is -1.51. The molecular formula is C17H16FN3O2. The van der Waals surface area contributed by atoms with Crippen molar-refractivity contribution in [3.8, 4) is 0 Å². The molecule has 118 valence electrons. The van der Waals surface area contributed by atoms with Crippen LogP contribution < -0.4 is 5.32 Å². The molecule has 2 heterocycles. The first-order valence-electron chi connectivity index (χ1n) is 7.28. The summed E-state index contributed by atoms with van der Waals surface area (Å²) < 4.78 is 13.4. The minimum Gasteiger partial charge on any atom is -0.341 e. The van der Waals surface area contributed by atoms with Crippen molar-refractivity contribution >= 4 is 17.5 Å². The standard InChI is InChI=1S/C17H16FN3O2/c1-21(10-11-3-2-6-19-9-11)16(22)8-14-13-7-12(18)4-5-15(13)20-17(14)23/h2-7,9,14H,8,10H2,1H3,(H,20,23). The van der Waals surface area contributed by atoms with Crippen LogP contribution in [-0.4, -0.2) is 28.7 Å². The van der Waals surface area contributed by atoms with Crippen LogP contribution in [0, 0.1) is 5.82 Å². The number of amides is 2. The number of rotatable bonds is 4. The molecule has 1 atom stereocenters. The molecule has 23 heavy (non-hydrogen) atoms. The van der Waals surface area contributed by atoms with E-state index in [4.69, 9.17) is 0 Å². The first-order chi connectivity index (χ1) is 11.0. The summed E-state index contributed by atoms with van der Waals surface area (Å²) in [6, 6.07) is 7.80. The van der Waals surface area contributed by atoms with Gasteiger partial charge in [-0.2, -0.15) is 0 Å². The third-order valence-electron chi connectivity index (χ3n) is 3.91. The third-order valence-corrected chi connectivity index (χ3v) is 3.91. The van der Waals surface area contributed by atoms with Crippen molar-refractivity contribution in [2.75, 3.05) is 12.4 Å². The predicted octanol–water partition coefficient (Wildman–Crippen LogP) is 2.31. The van der Waals surface area contributed by atoms with Crippen molar-refractivity contribution in [1.29, 1.82) is 0 Å². The maximum Gasteiger partial charge on any atom is 0.232 e. The van der Waals surface area contributed by atoms with Crippen molar-refractivity contribution in [2.45, 2.75) is 18.9 Å².